The molecule has 0 saturated carbocycles. The second-order valence-electron chi connectivity index (χ2n) is 6.45. The van der Waals surface area contributed by atoms with Gasteiger partial charge in [0.1, 0.15) is 11.8 Å². The number of fused-ring (bicyclic) bond motifs is 1. The lowest BCUT2D eigenvalue weighted by Crippen LogP contribution is -2.39. The number of hydrogen-bond acceptors (Lipinski definition) is 3. The summed E-state index contributed by atoms with van der Waals surface area (Å²) in [6.07, 6.45) is 2.66. The highest BCUT2D eigenvalue weighted by molar-refractivity contribution is 6.30. The number of hydrogen-bond donors (Lipinski definition) is 2. The molecule has 27 heavy (non-hydrogen) atoms. The predicted octanol–water partition coefficient (Wildman–Crippen LogP) is 4.86. The Bertz CT molecular complexity index is 909. The minimum atomic E-state index is -0.263. The number of carbonyl (C=O) groups is 1. The van der Waals surface area contributed by atoms with E-state index in [0.29, 0.717) is 17.3 Å². The molecule has 4 rings (SSSR count). The lowest BCUT2D eigenvalue weighted by Gasteiger charge is -2.29. The van der Waals surface area contributed by atoms with E-state index in [9.17, 15) is 4.79 Å². The number of halogens is 1. The van der Waals surface area contributed by atoms with Gasteiger partial charge in [-0.25, -0.2) is 4.79 Å². The normalized spacial score (nSPS) is 13.9. The van der Waals surface area contributed by atoms with Gasteiger partial charge in [0.25, 0.3) is 0 Å². The molecule has 3 aromatic rings. The van der Waals surface area contributed by atoms with Gasteiger partial charge in [-0.15, -0.1) is 0 Å². The lowest BCUT2D eigenvalue weighted by atomic mass is 10.1. The van der Waals surface area contributed by atoms with Crippen LogP contribution in [0.5, 0.6) is 0 Å². The number of urea groups is 1. The SMILES string of the molecule is O=C(NC[C@H](c1ccco1)N1CCc2ccccc21)Nc1ccc(Cl)cc1. The van der Waals surface area contributed by atoms with Gasteiger partial charge < -0.3 is 20.0 Å². The Morgan fingerprint density at radius 1 is 1.11 bits per heavy atom. The molecule has 1 aliphatic rings. The van der Waals surface area contributed by atoms with Crippen LogP contribution in [0.25, 0.3) is 0 Å². The van der Waals surface area contributed by atoms with E-state index >= 15 is 0 Å². The van der Waals surface area contributed by atoms with Crippen LogP contribution in [0.1, 0.15) is 17.4 Å². The predicted molar refractivity (Wildman–Crippen MR) is 107 cm³/mol. The van der Waals surface area contributed by atoms with Crippen LogP contribution in [0.2, 0.25) is 5.02 Å². The summed E-state index contributed by atoms with van der Waals surface area (Å²) in [5, 5.41) is 6.41. The summed E-state index contributed by atoms with van der Waals surface area (Å²) in [5.74, 6) is 0.832. The van der Waals surface area contributed by atoms with Crippen molar-refractivity contribution in [3.05, 3.63) is 83.3 Å². The molecule has 0 bridgehead atoms. The molecule has 1 aromatic heterocycles. The first-order valence-electron chi connectivity index (χ1n) is 8.89. The van der Waals surface area contributed by atoms with Crippen molar-refractivity contribution in [3.8, 4) is 0 Å². The maximum absolute atomic E-state index is 12.3. The van der Waals surface area contributed by atoms with Crippen LogP contribution in [0.15, 0.2) is 71.3 Å². The molecule has 1 aliphatic heterocycles. The molecule has 0 spiro atoms. The fraction of sp³-hybridized carbons (Fsp3) is 0.190. The van der Waals surface area contributed by atoms with Crippen LogP contribution >= 0.6 is 11.6 Å². The van der Waals surface area contributed by atoms with E-state index in [1.54, 1.807) is 30.5 Å². The van der Waals surface area contributed by atoms with E-state index in [-0.39, 0.29) is 12.1 Å². The van der Waals surface area contributed by atoms with Gasteiger partial charge in [0.2, 0.25) is 0 Å². The largest absolute Gasteiger partial charge is 0.467 e. The molecule has 2 amide bonds. The third kappa shape index (κ3) is 3.93. The average Bonchev–Trinajstić information content (AvgIpc) is 3.35. The van der Waals surface area contributed by atoms with Crippen molar-refractivity contribution < 1.29 is 9.21 Å². The first-order valence-corrected chi connectivity index (χ1v) is 9.27. The molecule has 0 radical (unpaired) electrons. The quantitative estimate of drug-likeness (QED) is 0.663. The van der Waals surface area contributed by atoms with Crippen molar-refractivity contribution in [2.45, 2.75) is 12.5 Å². The second kappa shape index (κ2) is 7.76. The number of nitrogens with zero attached hydrogens (tertiary/aromatic N) is 1. The first-order chi connectivity index (χ1) is 13.2. The Balaban J connectivity index is 1.46. The van der Waals surface area contributed by atoms with Gasteiger partial charge in [-0.05, 0) is 54.4 Å². The topological polar surface area (TPSA) is 57.5 Å². The van der Waals surface area contributed by atoms with Crippen LogP contribution in [-0.2, 0) is 6.42 Å². The third-order valence-electron chi connectivity index (χ3n) is 4.73. The average molecular weight is 382 g/mol. The highest BCUT2D eigenvalue weighted by Gasteiger charge is 2.29. The van der Waals surface area contributed by atoms with Gasteiger partial charge in [0, 0.05) is 29.5 Å². The second-order valence-corrected chi connectivity index (χ2v) is 6.88. The minimum absolute atomic E-state index is 0.0698. The molecule has 138 valence electrons. The van der Waals surface area contributed by atoms with Gasteiger partial charge in [0.05, 0.1) is 6.26 Å². The van der Waals surface area contributed by atoms with Gasteiger partial charge in [-0.3, -0.25) is 0 Å². The van der Waals surface area contributed by atoms with Gasteiger partial charge in [-0.1, -0.05) is 29.8 Å². The fourth-order valence-electron chi connectivity index (χ4n) is 3.43. The molecule has 0 fully saturated rings. The Kier molecular flexibility index (Phi) is 5.03. The molecular weight excluding hydrogens is 362 g/mol. The number of rotatable bonds is 5. The lowest BCUT2D eigenvalue weighted by molar-refractivity contribution is 0.251. The molecular formula is C21H20ClN3O2. The van der Waals surface area contributed by atoms with Gasteiger partial charge in [0.15, 0.2) is 0 Å². The smallest absolute Gasteiger partial charge is 0.319 e. The maximum Gasteiger partial charge on any atom is 0.319 e. The highest BCUT2D eigenvalue weighted by atomic mass is 35.5. The summed E-state index contributed by atoms with van der Waals surface area (Å²) in [6.45, 7) is 1.33. The molecule has 1 atom stereocenters. The Morgan fingerprint density at radius 2 is 1.93 bits per heavy atom. The summed E-state index contributed by atoms with van der Waals surface area (Å²) in [7, 11) is 0. The highest BCUT2D eigenvalue weighted by Crippen LogP contribution is 2.34. The molecule has 6 heteroatoms. The fourth-order valence-corrected chi connectivity index (χ4v) is 3.56. The Hall–Kier alpha value is -2.92. The van der Waals surface area contributed by atoms with E-state index in [2.05, 4.69) is 33.7 Å². The summed E-state index contributed by atoms with van der Waals surface area (Å²) in [4.78, 5) is 14.6. The van der Waals surface area contributed by atoms with Crippen molar-refractivity contribution in [1.82, 2.24) is 5.32 Å². The number of amides is 2. The van der Waals surface area contributed by atoms with Crippen LogP contribution in [0.3, 0.4) is 0 Å². The molecule has 0 saturated heterocycles. The minimum Gasteiger partial charge on any atom is -0.467 e. The monoisotopic (exact) mass is 381 g/mol. The molecule has 2 aromatic carbocycles. The number of furan rings is 1. The van der Waals surface area contributed by atoms with Crippen molar-refractivity contribution in [2.75, 3.05) is 23.3 Å². The zero-order valence-corrected chi connectivity index (χ0v) is 15.4. The van der Waals surface area contributed by atoms with E-state index in [1.165, 1.54) is 11.3 Å². The molecule has 5 nitrogen and oxygen atoms in total. The Labute approximate surface area is 162 Å². The van der Waals surface area contributed by atoms with Gasteiger partial charge >= 0.3 is 6.03 Å². The summed E-state index contributed by atoms with van der Waals surface area (Å²) in [5.41, 5.74) is 3.21. The standard InChI is InChI=1S/C21H20ClN3O2/c22-16-7-9-17(10-8-16)24-21(26)23-14-19(20-6-3-13-27-20)25-12-11-15-4-1-2-5-18(15)25/h1-10,13,19H,11-12,14H2,(H2,23,24,26)/t19-/m1/s1. The van der Waals surface area contributed by atoms with Crippen molar-refractivity contribution in [1.29, 1.82) is 0 Å². The molecule has 0 unspecified atom stereocenters. The first kappa shape index (κ1) is 17.5. The van der Waals surface area contributed by atoms with Crippen LogP contribution < -0.4 is 15.5 Å². The number of nitrogens with one attached hydrogen (secondary N) is 2. The Morgan fingerprint density at radius 3 is 2.70 bits per heavy atom. The van der Waals surface area contributed by atoms with E-state index < -0.39 is 0 Å². The third-order valence-corrected chi connectivity index (χ3v) is 4.98. The molecule has 2 N–H and O–H groups in total. The maximum atomic E-state index is 12.3. The summed E-state index contributed by atoms with van der Waals surface area (Å²) in [6, 6.07) is 18.9. The molecule has 2 heterocycles. The van der Waals surface area contributed by atoms with Crippen LogP contribution in [0, 0.1) is 0 Å². The number of carbonyl (C=O) groups excluding carboxylic acids is 1. The molecule has 0 aliphatic carbocycles. The van der Waals surface area contributed by atoms with E-state index in [4.69, 9.17) is 16.0 Å². The number of anilines is 2. The van der Waals surface area contributed by atoms with Crippen molar-refractivity contribution in [2.24, 2.45) is 0 Å². The van der Waals surface area contributed by atoms with Crippen molar-refractivity contribution in [3.63, 3.8) is 0 Å². The van der Waals surface area contributed by atoms with Crippen molar-refractivity contribution >= 4 is 29.0 Å². The van der Waals surface area contributed by atoms with E-state index in [0.717, 1.165) is 18.7 Å². The summed E-state index contributed by atoms with van der Waals surface area (Å²) >= 11 is 5.88. The number of benzene rings is 2. The summed E-state index contributed by atoms with van der Waals surface area (Å²) < 4.78 is 5.66. The zero-order valence-electron chi connectivity index (χ0n) is 14.7. The van der Waals surface area contributed by atoms with Gasteiger partial charge in [-0.2, -0.15) is 0 Å². The van der Waals surface area contributed by atoms with Crippen LogP contribution in [0.4, 0.5) is 16.2 Å². The van der Waals surface area contributed by atoms with E-state index in [1.807, 2.05) is 18.2 Å². The van der Waals surface area contributed by atoms with Crippen LogP contribution in [-0.4, -0.2) is 19.1 Å². The number of para-hydroxylation sites is 1. The zero-order chi connectivity index (χ0) is 18.6.